The van der Waals surface area contributed by atoms with E-state index in [1.54, 1.807) is 0 Å². The molecule has 19 heavy (non-hydrogen) atoms. The maximum atomic E-state index is 11.4. The molecule has 2 heterocycles. The fourth-order valence-corrected chi connectivity index (χ4v) is 2.86. The van der Waals surface area contributed by atoms with Crippen molar-refractivity contribution in [2.45, 2.75) is 25.4 Å². The van der Waals surface area contributed by atoms with E-state index in [-0.39, 0.29) is 11.9 Å². The number of imidazole rings is 1. The number of carbonyl (C=O) groups is 1. The van der Waals surface area contributed by atoms with E-state index in [9.17, 15) is 4.79 Å². The number of carbonyl (C=O) groups excluding carboxylic acids is 1. The zero-order chi connectivity index (χ0) is 13.4. The number of hydrogen-bond donors (Lipinski definition) is 1. The third-order valence-corrected chi connectivity index (χ3v) is 3.92. The minimum Gasteiger partial charge on any atom is -0.368 e. The quantitative estimate of drug-likeness (QED) is 0.894. The second-order valence-electron chi connectivity index (χ2n) is 5.11. The lowest BCUT2D eigenvalue weighted by Crippen LogP contribution is -2.40. The van der Waals surface area contributed by atoms with Crippen LogP contribution in [-0.2, 0) is 18.4 Å². The minimum absolute atomic E-state index is 0.139. The molecule has 0 saturated carbocycles. The lowest BCUT2D eigenvalue weighted by Gasteiger charge is -2.21. The van der Waals surface area contributed by atoms with Crippen molar-refractivity contribution in [1.82, 2.24) is 14.5 Å². The summed E-state index contributed by atoms with van der Waals surface area (Å²) in [6.07, 6.45) is 1.89. The van der Waals surface area contributed by atoms with Crippen LogP contribution in [-0.4, -0.2) is 32.9 Å². The Kier molecular flexibility index (Phi) is 2.98. The van der Waals surface area contributed by atoms with Gasteiger partial charge in [-0.2, -0.15) is 0 Å². The summed E-state index contributed by atoms with van der Waals surface area (Å²) in [5, 5.41) is 0. The van der Waals surface area contributed by atoms with Crippen LogP contribution in [0.5, 0.6) is 0 Å². The van der Waals surface area contributed by atoms with E-state index >= 15 is 0 Å². The number of likely N-dealkylation sites (tertiary alicyclic amines) is 1. The predicted molar refractivity (Wildman–Crippen MR) is 73.3 cm³/mol. The van der Waals surface area contributed by atoms with E-state index in [4.69, 9.17) is 5.73 Å². The SMILES string of the molecule is Cn1c(CN2CCCC2C(N)=O)nc2ccccc21. The molecule has 1 aromatic heterocycles. The molecule has 5 heteroatoms. The van der Waals surface area contributed by atoms with Gasteiger partial charge in [0.25, 0.3) is 0 Å². The fraction of sp³-hybridized carbons (Fsp3) is 0.429. The van der Waals surface area contributed by atoms with Gasteiger partial charge >= 0.3 is 0 Å². The van der Waals surface area contributed by atoms with E-state index in [2.05, 4.69) is 20.5 Å². The number of nitrogens with zero attached hydrogens (tertiary/aromatic N) is 3. The van der Waals surface area contributed by atoms with Gasteiger partial charge < -0.3 is 10.3 Å². The fourth-order valence-electron chi connectivity index (χ4n) is 2.86. The van der Waals surface area contributed by atoms with Crippen molar-refractivity contribution < 1.29 is 4.79 Å². The molecule has 2 aromatic rings. The smallest absolute Gasteiger partial charge is 0.234 e. The number of fused-ring (bicyclic) bond motifs is 1. The molecule has 1 aliphatic heterocycles. The number of aryl methyl sites for hydroxylation is 1. The van der Waals surface area contributed by atoms with Crippen LogP contribution in [0.4, 0.5) is 0 Å². The van der Waals surface area contributed by atoms with Gasteiger partial charge in [-0.05, 0) is 31.5 Å². The Balaban J connectivity index is 1.89. The highest BCUT2D eigenvalue weighted by Crippen LogP contribution is 2.21. The lowest BCUT2D eigenvalue weighted by atomic mass is 10.2. The molecule has 1 fully saturated rings. The van der Waals surface area contributed by atoms with Crippen LogP contribution in [0.2, 0.25) is 0 Å². The van der Waals surface area contributed by atoms with Crippen LogP contribution in [0.1, 0.15) is 18.7 Å². The molecule has 1 unspecified atom stereocenters. The van der Waals surface area contributed by atoms with Gasteiger partial charge in [0.15, 0.2) is 0 Å². The monoisotopic (exact) mass is 258 g/mol. The second kappa shape index (κ2) is 4.66. The molecule has 1 saturated heterocycles. The number of primary amides is 1. The molecule has 3 rings (SSSR count). The van der Waals surface area contributed by atoms with Crippen molar-refractivity contribution >= 4 is 16.9 Å². The molecule has 0 bridgehead atoms. The maximum absolute atomic E-state index is 11.4. The lowest BCUT2D eigenvalue weighted by molar-refractivity contribution is -0.122. The van der Waals surface area contributed by atoms with Crippen LogP contribution in [0.25, 0.3) is 11.0 Å². The molecule has 0 radical (unpaired) electrons. The first-order chi connectivity index (χ1) is 9.16. The Hall–Kier alpha value is -1.88. The summed E-state index contributed by atoms with van der Waals surface area (Å²) in [7, 11) is 2.01. The predicted octanol–water partition coefficient (Wildman–Crippen LogP) is 1.02. The van der Waals surface area contributed by atoms with E-state index < -0.39 is 0 Å². The Labute approximate surface area is 112 Å². The van der Waals surface area contributed by atoms with E-state index in [1.807, 2.05) is 25.2 Å². The van der Waals surface area contributed by atoms with Gasteiger partial charge in [-0.3, -0.25) is 9.69 Å². The van der Waals surface area contributed by atoms with Crippen LogP contribution >= 0.6 is 0 Å². The van der Waals surface area contributed by atoms with Gasteiger partial charge in [0.05, 0.1) is 23.6 Å². The molecule has 0 spiro atoms. The number of amides is 1. The van der Waals surface area contributed by atoms with Gasteiger partial charge in [-0.1, -0.05) is 12.1 Å². The van der Waals surface area contributed by atoms with Crippen molar-refractivity contribution in [3.8, 4) is 0 Å². The maximum Gasteiger partial charge on any atom is 0.234 e. The zero-order valence-electron chi connectivity index (χ0n) is 11.0. The van der Waals surface area contributed by atoms with Crippen LogP contribution in [0.15, 0.2) is 24.3 Å². The molecule has 1 aromatic carbocycles. The molecule has 2 N–H and O–H groups in total. The van der Waals surface area contributed by atoms with Crippen molar-refractivity contribution in [2.75, 3.05) is 6.54 Å². The molecule has 0 aliphatic carbocycles. The number of nitrogens with two attached hydrogens (primary N) is 1. The normalized spacial score (nSPS) is 20.2. The highest BCUT2D eigenvalue weighted by atomic mass is 16.1. The van der Waals surface area contributed by atoms with Gasteiger partial charge in [-0.25, -0.2) is 4.98 Å². The van der Waals surface area contributed by atoms with Gasteiger partial charge in [0.2, 0.25) is 5.91 Å². The molecule has 1 amide bonds. The van der Waals surface area contributed by atoms with Crippen LogP contribution < -0.4 is 5.73 Å². The summed E-state index contributed by atoms with van der Waals surface area (Å²) >= 11 is 0. The van der Waals surface area contributed by atoms with E-state index in [0.29, 0.717) is 6.54 Å². The molecular formula is C14H18N4O. The molecule has 5 nitrogen and oxygen atoms in total. The first-order valence-electron chi connectivity index (χ1n) is 6.60. The second-order valence-corrected chi connectivity index (χ2v) is 5.11. The van der Waals surface area contributed by atoms with Crippen LogP contribution in [0.3, 0.4) is 0 Å². The third kappa shape index (κ3) is 2.10. The number of aromatic nitrogens is 2. The topological polar surface area (TPSA) is 64.2 Å². The van der Waals surface area contributed by atoms with Crippen molar-refractivity contribution in [3.05, 3.63) is 30.1 Å². The summed E-state index contributed by atoms with van der Waals surface area (Å²) < 4.78 is 2.09. The summed E-state index contributed by atoms with van der Waals surface area (Å²) in [5.74, 6) is 0.755. The molecular weight excluding hydrogens is 240 g/mol. The first kappa shape index (κ1) is 12.2. The van der Waals surface area contributed by atoms with Gasteiger partial charge in [0, 0.05) is 7.05 Å². The summed E-state index contributed by atoms with van der Waals surface area (Å²) in [4.78, 5) is 18.2. The molecule has 1 aliphatic rings. The van der Waals surface area contributed by atoms with Gasteiger partial charge in [-0.15, -0.1) is 0 Å². The van der Waals surface area contributed by atoms with Crippen molar-refractivity contribution in [2.24, 2.45) is 12.8 Å². The highest BCUT2D eigenvalue weighted by molar-refractivity contribution is 5.80. The summed E-state index contributed by atoms with van der Waals surface area (Å²) in [5.41, 5.74) is 7.56. The van der Waals surface area contributed by atoms with E-state index in [1.165, 1.54) is 0 Å². The Morgan fingerprint density at radius 2 is 2.26 bits per heavy atom. The Morgan fingerprint density at radius 1 is 1.47 bits per heavy atom. The summed E-state index contributed by atoms with van der Waals surface area (Å²) in [6.45, 7) is 1.59. The largest absolute Gasteiger partial charge is 0.368 e. The Bertz CT molecular complexity index is 619. The number of benzene rings is 1. The highest BCUT2D eigenvalue weighted by Gasteiger charge is 2.29. The van der Waals surface area contributed by atoms with Crippen molar-refractivity contribution in [3.63, 3.8) is 0 Å². The standard InChI is InChI=1S/C14H18N4O/c1-17-11-6-3-2-5-10(11)16-13(17)9-18-8-4-7-12(18)14(15)19/h2-3,5-6,12H,4,7-9H2,1H3,(H2,15,19). The first-order valence-corrected chi connectivity index (χ1v) is 6.60. The zero-order valence-corrected chi connectivity index (χ0v) is 11.0. The molecule has 1 atom stereocenters. The average Bonchev–Trinajstić information content (AvgIpc) is 2.97. The van der Waals surface area contributed by atoms with Crippen molar-refractivity contribution in [1.29, 1.82) is 0 Å². The average molecular weight is 258 g/mol. The number of hydrogen-bond acceptors (Lipinski definition) is 3. The third-order valence-electron chi connectivity index (χ3n) is 3.92. The number of para-hydroxylation sites is 2. The number of rotatable bonds is 3. The van der Waals surface area contributed by atoms with E-state index in [0.717, 1.165) is 36.2 Å². The minimum atomic E-state index is -0.226. The Morgan fingerprint density at radius 3 is 3.00 bits per heavy atom. The summed E-state index contributed by atoms with van der Waals surface area (Å²) in [6, 6.07) is 7.92. The van der Waals surface area contributed by atoms with Crippen LogP contribution in [0, 0.1) is 0 Å². The van der Waals surface area contributed by atoms with Gasteiger partial charge in [0.1, 0.15) is 5.82 Å². The molecule has 100 valence electrons.